The molecule has 1 saturated heterocycles. The van der Waals surface area contributed by atoms with Crippen LogP contribution in [-0.4, -0.2) is 37.0 Å². The van der Waals surface area contributed by atoms with Gasteiger partial charge in [0.2, 0.25) is 5.91 Å². The maximum Gasteiger partial charge on any atom is 0.234 e. The van der Waals surface area contributed by atoms with Crippen molar-refractivity contribution in [3.8, 4) is 0 Å². The third-order valence-corrected chi connectivity index (χ3v) is 5.30. The summed E-state index contributed by atoms with van der Waals surface area (Å²) in [7, 11) is 0. The van der Waals surface area contributed by atoms with E-state index >= 15 is 0 Å². The molecule has 4 rings (SSSR count). The van der Waals surface area contributed by atoms with Crippen molar-refractivity contribution in [3.63, 3.8) is 0 Å². The largest absolute Gasteiger partial charge is 0.368 e. The standard InChI is InChI=1S/C24H23FN2O/c25-21-11-13-22(14-12-21)26-15-17-27(18-16-26)24(28)23(19-7-3-1-4-8-19)20-9-5-2-6-10-20/h1-14,23H,15-18H2. The smallest absolute Gasteiger partial charge is 0.234 e. The Labute approximate surface area is 165 Å². The van der Waals surface area contributed by atoms with Gasteiger partial charge in [0.25, 0.3) is 0 Å². The maximum atomic E-state index is 13.4. The molecule has 0 bridgehead atoms. The summed E-state index contributed by atoms with van der Waals surface area (Å²) in [4.78, 5) is 17.6. The van der Waals surface area contributed by atoms with E-state index in [4.69, 9.17) is 0 Å². The van der Waals surface area contributed by atoms with E-state index in [1.54, 1.807) is 12.1 Å². The molecule has 0 atom stereocenters. The first-order valence-electron chi connectivity index (χ1n) is 9.61. The molecular formula is C24H23FN2O. The molecule has 1 amide bonds. The van der Waals surface area contributed by atoms with E-state index < -0.39 is 0 Å². The van der Waals surface area contributed by atoms with Gasteiger partial charge in [0.1, 0.15) is 5.82 Å². The predicted molar refractivity (Wildman–Crippen MR) is 110 cm³/mol. The van der Waals surface area contributed by atoms with Crippen molar-refractivity contribution in [2.45, 2.75) is 5.92 Å². The number of piperazine rings is 1. The normalized spacial score (nSPS) is 14.4. The number of hydrogen-bond acceptors (Lipinski definition) is 2. The number of carbonyl (C=O) groups is 1. The Morgan fingerprint density at radius 1 is 0.714 bits per heavy atom. The number of anilines is 1. The molecule has 3 aromatic rings. The minimum absolute atomic E-state index is 0.135. The lowest BCUT2D eigenvalue weighted by atomic mass is 9.90. The molecular weight excluding hydrogens is 351 g/mol. The highest BCUT2D eigenvalue weighted by molar-refractivity contribution is 5.87. The van der Waals surface area contributed by atoms with E-state index in [0.717, 1.165) is 29.9 Å². The molecule has 0 aromatic heterocycles. The summed E-state index contributed by atoms with van der Waals surface area (Å²) in [5.74, 6) is -0.387. The summed E-state index contributed by atoms with van der Waals surface area (Å²) in [5, 5.41) is 0. The van der Waals surface area contributed by atoms with E-state index in [1.807, 2.05) is 65.6 Å². The van der Waals surface area contributed by atoms with Gasteiger partial charge in [0.05, 0.1) is 5.92 Å². The number of amides is 1. The van der Waals surface area contributed by atoms with Crippen molar-refractivity contribution in [2.24, 2.45) is 0 Å². The zero-order valence-electron chi connectivity index (χ0n) is 15.7. The van der Waals surface area contributed by atoms with Gasteiger partial charge < -0.3 is 9.80 Å². The van der Waals surface area contributed by atoms with Crippen LogP contribution in [0.5, 0.6) is 0 Å². The molecule has 0 saturated carbocycles. The Morgan fingerprint density at radius 3 is 1.71 bits per heavy atom. The number of benzene rings is 3. The van der Waals surface area contributed by atoms with Crippen molar-refractivity contribution in [1.29, 1.82) is 0 Å². The summed E-state index contributed by atoms with van der Waals surface area (Å²) in [6, 6.07) is 26.5. The molecule has 142 valence electrons. The lowest BCUT2D eigenvalue weighted by Gasteiger charge is -2.37. The van der Waals surface area contributed by atoms with Crippen molar-refractivity contribution in [2.75, 3.05) is 31.1 Å². The minimum atomic E-state index is -0.292. The van der Waals surface area contributed by atoms with Crippen LogP contribution in [-0.2, 0) is 4.79 Å². The number of hydrogen-bond donors (Lipinski definition) is 0. The highest BCUT2D eigenvalue weighted by Gasteiger charge is 2.29. The monoisotopic (exact) mass is 374 g/mol. The predicted octanol–water partition coefficient (Wildman–Crippen LogP) is 4.31. The Balaban J connectivity index is 1.51. The second-order valence-corrected chi connectivity index (χ2v) is 7.04. The zero-order valence-corrected chi connectivity index (χ0v) is 15.7. The molecule has 0 aliphatic carbocycles. The first-order chi connectivity index (χ1) is 13.7. The topological polar surface area (TPSA) is 23.6 Å². The Bertz CT molecular complexity index is 865. The Morgan fingerprint density at radius 2 is 1.21 bits per heavy atom. The Kier molecular flexibility index (Phi) is 5.38. The van der Waals surface area contributed by atoms with Crippen LogP contribution in [0.25, 0.3) is 0 Å². The SMILES string of the molecule is O=C(C(c1ccccc1)c1ccccc1)N1CCN(c2ccc(F)cc2)CC1. The quantitative estimate of drug-likeness (QED) is 0.680. The molecule has 0 unspecified atom stereocenters. The summed E-state index contributed by atoms with van der Waals surface area (Å²) < 4.78 is 13.2. The first kappa shape index (κ1) is 18.2. The molecule has 0 N–H and O–H groups in total. The van der Waals surface area contributed by atoms with Crippen molar-refractivity contribution < 1.29 is 9.18 Å². The fraction of sp³-hybridized carbons (Fsp3) is 0.208. The zero-order chi connectivity index (χ0) is 19.3. The van der Waals surface area contributed by atoms with E-state index in [0.29, 0.717) is 13.1 Å². The van der Waals surface area contributed by atoms with Crippen molar-refractivity contribution in [3.05, 3.63) is 102 Å². The highest BCUT2D eigenvalue weighted by Crippen LogP contribution is 2.28. The van der Waals surface area contributed by atoms with Crippen LogP contribution in [0.1, 0.15) is 17.0 Å². The van der Waals surface area contributed by atoms with Crippen LogP contribution in [0.2, 0.25) is 0 Å². The van der Waals surface area contributed by atoms with Crippen molar-refractivity contribution in [1.82, 2.24) is 4.90 Å². The van der Waals surface area contributed by atoms with E-state index in [2.05, 4.69) is 4.90 Å². The molecule has 0 radical (unpaired) electrons. The molecule has 1 fully saturated rings. The van der Waals surface area contributed by atoms with Gasteiger partial charge >= 0.3 is 0 Å². The number of halogens is 1. The molecule has 3 nitrogen and oxygen atoms in total. The van der Waals surface area contributed by atoms with Gasteiger partial charge in [-0.25, -0.2) is 4.39 Å². The third-order valence-electron chi connectivity index (χ3n) is 5.30. The fourth-order valence-electron chi connectivity index (χ4n) is 3.79. The van der Waals surface area contributed by atoms with Gasteiger partial charge in [-0.15, -0.1) is 0 Å². The molecule has 3 aromatic carbocycles. The summed E-state index contributed by atoms with van der Waals surface area (Å²) in [5.41, 5.74) is 3.02. The van der Waals surface area contributed by atoms with Gasteiger partial charge in [-0.2, -0.15) is 0 Å². The lowest BCUT2D eigenvalue weighted by molar-refractivity contribution is -0.132. The van der Waals surface area contributed by atoms with Crippen molar-refractivity contribution >= 4 is 11.6 Å². The second-order valence-electron chi connectivity index (χ2n) is 7.04. The number of nitrogens with zero attached hydrogens (tertiary/aromatic N) is 2. The van der Waals surface area contributed by atoms with E-state index in [9.17, 15) is 9.18 Å². The van der Waals surface area contributed by atoms with Crippen LogP contribution >= 0.6 is 0 Å². The van der Waals surface area contributed by atoms with Gasteiger partial charge in [0.15, 0.2) is 0 Å². The van der Waals surface area contributed by atoms with Gasteiger partial charge in [0, 0.05) is 31.9 Å². The van der Waals surface area contributed by atoms with E-state index in [-0.39, 0.29) is 17.6 Å². The first-order valence-corrected chi connectivity index (χ1v) is 9.61. The number of carbonyl (C=O) groups excluding carboxylic acids is 1. The van der Waals surface area contributed by atoms with E-state index in [1.165, 1.54) is 12.1 Å². The summed E-state index contributed by atoms with van der Waals surface area (Å²) in [6.45, 7) is 2.81. The van der Waals surface area contributed by atoms with Gasteiger partial charge in [-0.3, -0.25) is 4.79 Å². The second kappa shape index (κ2) is 8.26. The highest BCUT2D eigenvalue weighted by atomic mass is 19.1. The van der Waals surface area contributed by atoms with Crippen LogP contribution < -0.4 is 4.90 Å². The van der Waals surface area contributed by atoms with Gasteiger partial charge in [-0.05, 0) is 35.4 Å². The van der Waals surface area contributed by atoms with Gasteiger partial charge in [-0.1, -0.05) is 60.7 Å². The number of rotatable bonds is 4. The third kappa shape index (κ3) is 3.91. The molecule has 1 heterocycles. The van der Waals surface area contributed by atoms with Crippen LogP contribution in [0.4, 0.5) is 10.1 Å². The maximum absolute atomic E-state index is 13.4. The lowest BCUT2D eigenvalue weighted by Crippen LogP contribution is -2.50. The minimum Gasteiger partial charge on any atom is -0.368 e. The average molecular weight is 374 g/mol. The molecule has 1 aliphatic rings. The molecule has 4 heteroatoms. The molecule has 1 aliphatic heterocycles. The average Bonchev–Trinajstić information content (AvgIpc) is 2.76. The molecule has 28 heavy (non-hydrogen) atoms. The molecule has 0 spiro atoms. The van der Waals surface area contributed by atoms with Crippen LogP contribution in [0.3, 0.4) is 0 Å². The fourth-order valence-corrected chi connectivity index (χ4v) is 3.79. The summed E-state index contributed by atoms with van der Waals surface area (Å²) in [6.07, 6.45) is 0. The van der Waals surface area contributed by atoms with Crippen LogP contribution in [0.15, 0.2) is 84.9 Å². The summed E-state index contributed by atoms with van der Waals surface area (Å²) >= 11 is 0. The Hall–Kier alpha value is -3.14. The van der Waals surface area contributed by atoms with Crippen LogP contribution in [0, 0.1) is 5.82 Å².